The molecule has 47 heavy (non-hydrogen) atoms. The quantitative estimate of drug-likeness (QED) is 0.231. The van der Waals surface area contributed by atoms with Gasteiger partial charge >= 0.3 is 11.9 Å². The molecule has 4 unspecified atom stereocenters. The maximum absolute atomic E-state index is 13.3. The highest BCUT2D eigenvalue weighted by atomic mass is 127. The Labute approximate surface area is 287 Å². The van der Waals surface area contributed by atoms with Gasteiger partial charge in [0.15, 0.2) is 5.79 Å². The van der Waals surface area contributed by atoms with E-state index < -0.39 is 53.6 Å². The molecular formula is C35H41IN2O9. The summed E-state index contributed by atoms with van der Waals surface area (Å²) in [5.74, 6) is -2.64. The molecule has 1 fully saturated rings. The standard InChI is InChI=1S/C35H41IN2O9/c1-34(2,3)46-30(41)13-12-26(20-39)38-29(40)14-15-37-32(42)24-16-27(44-33(43)21-8-10-25(36)11-9-21)31-28(17-24)45-35(47-31)18-22-6-4-5-7-23(22)19-35/h4-11,17,26-28,31,39H,12-16,18-20H2,1-3H3,(H,37,42)(H,38,40). The highest BCUT2D eigenvalue weighted by molar-refractivity contribution is 14.1. The van der Waals surface area contributed by atoms with Crippen molar-refractivity contribution in [3.05, 3.63) is 80.4 Å². The second-order valence-electron chi connectivity index (χ2n) is 13.1. The number of nitrogens with one attached hydrogen (secondary N) is 2. The van der Waals surface area contributed by atoms with E-state index in [1.165, 1.54) is 0 Å². The largest absolute Gasteiger partial charge is 0.460 e. The summed E-state index contributed by atoms with van der Waals surface area (Å²) in [6.07, 6.45) is 1.16. The maximum atomic E-state index is 13.3. The average Bonchev–Trinajstić information content (AvgIpc) is 3.56. The number of ether oxygens (including phenoxy) is 4. The van der Waals surface area contributed by atoms with Crippen LogP contribution in [-0.4, -0.2) is 77.8 Å². The number of esters is 2. The second kappa shape index (κ2) is 14.8. The van der Waals surface area contributed by atoms with Gasteiger partial charge in [-0.3, -0.25) is 14.4 Å². The van der Waals surface area contributed by atoms with Crippen LogP contribution in [-0.2, 0) is 46.2 Å². The van der Waals surface area contributed by atoms with Crippen LogP contribution in [0.15, 0.2) is 60.2 Å². The van der Waals surface area contributed by atoms with Crippen LogP contribution < -0.4 is 10.6 Å². The Morgan fingerprint density at radius 2 is 1.70 bits per heavy atom. The first-order valence-electron chi connectivity index (χ1n) is 15.8. The monoisotopic (exact) mass is 760 g/mol. The van der Waals surface area contributed by atoms with E-state index in [0.29, 0.717) is 24.0 Å². The molecule has 3 N–H and O–H groups in total. The van der Waals surface area contributed by atoms with E-state index >= 15 is 0 Å². The lowest BCUT2D eigenvalue weighted by atomic mass is 9.91. The van der Waals surface area contributed by atoms with Crippen LogP contribution in [0.4, 0.5) is 0 Å². The van der Waals surface area contributed by atoms with Crippen molar-refractivity contribution in [2.24, 2.45) is 0 Å². The molecule has 11 nitrogen and oxygen atoms in total. The molecule has 0 radical (unpaired) electrons. The van der Waals surface area contributed by atoms with Crippen LogP contribution in [0.1, 0.15) is 67.9 Å². The molecular weight excluding hydrogens is 719 g/mol. The molecule has 0 bridgehead atoms. The summed E-state index contributed by atoms with van der Waals surface area (Å²) in [6, 6.07) is 14.4. The zero-order valence-electron chi connectivity index (χ0n) is 26.8. The topological polar surface area (TPSA) is 149 Å². The number of hydrogen-bond donors (Lipinski definition) is 3. The number of halogens is 1. The average molecular weight is 761 g/mol. The summed E-state index contributed by atoms with van der Waals surface area (Å²) >= 11 is 2.16. The number of carbonyl (C=O) groups excluding carboxylic acids is 4. The van der Waals surface area contributed by atoms with Crippen LogP contribution in [0.5, 0.6) is 0 Å². The van der Waals surface area contributed by atoms with Crippen molar-refractivity contribution in [1.82, 2.24) is 10.6 Å². The molecule has 0 aromatic heterocycles. The summed E-state index contributed by atoms with van der Waals surface area (Å²) in [5.41, 5.74) is 2.40. The Morgan fingerprint density at radius 3 is 2.34 bits per heavy atom. The van der Waals surface area contributed by atoms with Gasteiger partial charge in [-0.25, -0.2) is 4.79 Å². The minimum atomic E-state index is -0.917. The Balaban J connectivity index is 1.19. The third kappa shape index (κ3) is 9.18. The van der Waals surface area contributed by atoms with E-state index in [0.717, 1.165) is 14.7 Å². The van der Waals surface area contributed by atoms with Gasteiger partial charge in [-0.1, -0.05) is 24.3 Å². The Bertz CT molecular complexity index is 1490. The Kier molecular flexibility index (Phi) is 11.0. The Morgan fingerprint density at radius 1 is 1.02 bits per heavy atom. The van der Waals surface area contributed by atoms with Crippen LogP contribution in [0.2, 0.25) is 0 Å². The number of fused-ring (bicyclic) bond motifs is 2. The molecule has 12 heteroatoms. The molecule has 252 valence electrons. The number of aliphatic hydroxyl groups is 1. The number of hydrogen-bond acceptors (Lipinski definition) is 9. The molecule has 1 aliphatic heterocycles. The van der Waals surface area contributed by atoms with Gasteiger partial charge in [-0.15, -0.1) is 0 Å². The van der Waals surface area contributed by atoms with E-state index in [1.807, 2.05) is 36.4 Å². The molecule has 1 saturated heterocycles. The first-order valence-corrected chi connectivity index (χ1v) is 16.9. The minimum absolute atomic E-state index is 0.0318. The summed E-state index contributed by atoms with van der Waals surface area (Å²) in [6.45, 7) is 5.00. The van der Waals surface area contributed by atoms with E-state index in [2.05, 4.69) is 33.2 Å². The molecule has 1 heterocycles. The van der Waals surface area contributed by atoms with Crippen LogP contribution in [0, 0.1) is 3.57 Å². The fourth-order valence-corrected chi connectivity index (χ4v) is 6.41. The number of benzene rings is 2. The van der Waals surface area contributed by atoms with E-state index in [4.69, 9.17) is 18.9 Å². The van der Waals surface area contributed by atoms with Crippen molar-refractivity contribution >= 4 is 46.3 Å². The van der Waals surface area contributed by atoms with Crippen molar-refractivity contribution in [2.75, 3.05) is 13.2 Å². The second-order valence-corrected chi connectivity index (χ2v) is 14.4. The highest BCUT2D eigenvalue weighted by Crippen LogP contribution is 2.45. The van der Waals surface area contributed by atoms with Gasteiger partial charge in [-0.2, -0.15) is 0 Å². The van der Waals surface area contributed by atoms with Gasteiger partial charge in [0.25, 0.3) is 0 Å². The summed E-state index contributed by atoms with van der Waals surface area (Å²) in [7, 11) is 0. The predicted molar refractivity (Wildman–Crippen MR) is 179 cm³/mol. The fourth-order valence-electron chi connectivity index (χ4n) is 6.05. The predicted octanol–water partition coefficient (Wildman–Crippen LogP) is 3.53. The molecule has 0 saturated carbocycles. The first-order chi connectivity index (χ1) is 22.3. The van der Waals surface area contributed by atoms with Gasteiger partial charge in [0.05, 0.1) is 18.2 Å². The zero-order valence-corrected chi connectivity index (χ0v) is 28.9. The van der Waals surface area contributed by atoms with E-state index in [-0.39, 0.29) is 44.7 Å². The summed E-state index contributed by atoms with van der Waals surface area (Å²) in [5, 5.41) is 15.1. The lowest BCUT2D eigenvalue weighted by Gasteiger charge is -2.30. The van der Waals surface area contributed by atoms with Crippen molar-refractivity contribution in [1.29, 1.82) is 0 Å². The highest BCUT2D eigenvalue weighted by Gasteiger charge is 2.55. The van der Waals surface area contributed by atoms with Crippen LogP contribution in [0.3, 0.4) is 0 Å². The van der Waals surface area contributed by atoms with Crippen LogP contribution in [0.25, 0.3) is 0 Å². The third-order valence-electron chi connectivity index (χ3n) is 8.19. The molecule has 5 rings (SSSR count). The minimum Gasteiger partial charge on any atom is -0.460 e. The zero-order chi connectivity index (χ0) is 33.8. The number of carbonyl (C=O) groups is 4. The molecule has 2 aliphatic carbocycles. The molecule has 2 aromatic rings. The van der Waals surface area contributed by atoms with E-state index in [1.54, 1.807) is 39.0 Å². The number of aliphatic hydroxyl groups excluding tert-OH is 1. The SMILES string of the molecule is CC(C)(C)OC(=O)CCC(CO)NC(=O)CCNC(=O)C1=CC2OC3(Cc4ccccc4C3)OC2C(OC(=O)c2ccc(I)cc2)C1. The molecule has 2 amide bonds. The molecule has 4 atom stereocenters. The van der Waals surface area contributed by atoms with Crippen molar-refractivity contribution in [3.8, 4) is 0 Å². The van der Waals surface area contributed by atoms with E-state index in [9.17, 15) is 24.3 Å². The number of rotatable bonds is 11. The fraction of sp³-hybridized carbons (Fsp3) is 0.486. The normalized spacial score (nSPS) is 21.6. The molecule has 2 aromatic carbocycles. The Hall–Kier alpha value is -3.33. The maximum Gasteiger partial charge on any atom is 0.338 e. The lowest BCUT2D eigenvalue weighted by Crippen LogP contribution is -2.44. The first kappa shape index (κ1) is 35.0. The molecule has 3 aliphatic rings. The van der Waals surface area contributed by atoms with Gasteiger partial charge in [0, 0.05) is 47.8 Å². The van der Waals surface area contributed by atoms with Crippen molar-refractivity contribution < 1.29 is 43.2 Å². The van der Waals surface area contributed by atoms with Gasteiger partial charge in [-0.05, 0) is 91.3 Å². The third-order valence-corrected chi connectivity index (χ3v) is 8.91. The van der Waals surface area contributed by atoms with Crippen molar-refractivity contribution in [2.45, 2.75) is 95.0 Å². The van der Waals surface area contributed by atoms with Crippen LogP contribution >= 0.6 is 22.6 Å². The summed E-state index contributed by atoms with van der Waals surface area (Å²) < 4.78 is 25.2. The smallest absolute Gasteiger partial charge is 0.338 e. The van der Waals surface area contributed by atoms with Crippen molar-refractivity contribution in [3.63, 3.8) is 0 Å². The van der Waals surface area contributed by atoms with Gasteiger partial charge in [0.2, 0.25) is 11.8 Å². The van der Waals surface area contributed by atoms with Gasteiger partial charge in [0.1, 0.15) is 23.9 Å². The van der Waals surface area contributed by atoms with Gasteiger partial charge < -0.3 is 34.7 Å². The number of amides is 2. The lowest BCUT2D eigenvalue weighted by molar-refractivity contribution is -0.172. The summed E-state index contributed by atoms with van der Waals surface area (Å²) in [4.78, 5) is 51.1. The molecule has 1 spiro atoms.